The van der Waals surface area contributed by atoms with Crippen molar-refractivity contribution >= 4 is 37.8 Å². The quantitative estimate of drug-likeness (QED) is 0.768. The lowest BCUT2D eigenvalue weighted by molar-refractivity contribution is 0.0912. The van der Waals surface area contributed by atoms with Gasteiger partial charge in [-0.15, -0.1) is 0 Å². The molecule has 0 heterocycles. The normalized spacial score (nSPS) is 11.3. The van der Waals surface area contributed by atoms with Crippen molar-refractivity contribution in [3.8, 4) is 5.75 Å². The maximum absolute atomic E-state index is 13.1. The highest BCUT2D eigenvalue weighted by Gasteiger charge is 2.29. The number of nitrogens with one attached hydrogen (secondary N) is 1. The number of phenols is 1. The van der Waals surface area contributed by atoms with Gasteiger partial charge in [0.2, 0.25) is 0 Å². The van der Waals surface area contributed by atoms with Crippen LogP contribution in [0.4, 0.5) is 4.39 Å². The summed E-state index contributed by atoms with van der Waals surface area (Å²) in [7, 11) is 0. The number of rotatable bonds is 5. The van der Waals surface area contributed by atoms with Gasteiger partial charge < -0.3 is 10.4 Å². The summed E-state index contributed by atoms with van der Waals surface area (Å²) in [5.74, 6) is -1.28. The molecule has 1 aromatic carbocycles. The molecule has 0 saturated carbocycles. The van der Waals surface area contributed by atoms with Gasteiger partial charge in [-0.1, -0.05) is 38.8 Å². The number of halogens is 3. The Kier molecular flexibility index (Phi) is 5.59. The summed E-state index contributed by atoms with van der Waals surface area (Å²) in [6, 6.07) is 3.29. The van der Waals surface area contributed by atoms with Crippen LogP contribution in [0, 0.1) is 5.82 Å². The molecule has 0 aliphatic carbocycles. The second-order valence-electron chi connectivity index (χ2n) is 4.02. The summed E-state index contributed by atoms with van der Waals surface area (Å²) >= 11 is 6.69. The van der Waals surface area contributed by atoms with E-state index in [0.717, 1.165) is 12.1 Å². The van der Waals surface area contributed by atoms with Crippen LogP contribution in [0.3, 0.4) is 0 Å². The first-order valence-electron chi connectivity index (χ1n) is 5.41. The third-order valence-corrected chi connectivity index (χ3v) is 4.92. The van der Waals surface area contributed by atoms with Gasteiger partial charge in [0.15, 0.2) is 0 Å². The standard InChI is InChI=1S/C12H14Br2FNO2/c1-2-12(6-13,7-14)16-11(18)9-5-8(15)3-4-10(9)17/h3-5,17H,2,6-7H2,1H3,(H,16,18). The predicted molar refractivity (Wildman–Crippen MR) is 76.1 cm³/mol. The van der Waals surface area contributed by atoms with Crippen LogP contribution in [0.25, 0.3) is 0 Å². The Morgan fingerprint density at radius 3 is 2.56 bits per heavy atom. The minimum Gasteiger partial charge on any atom is -0.507 e. The smallest absolute Gasteiger partial charge is 0.255 e. The van der Waals surface area contributed by atoms with E-state index in [1.807, 2.05) is 6.92 Å². The Hall–Kier alpha value is -0.620. The van der Waals surface area contributed by atoms with Gasteiger partial charge in [0.25, 0.3) is 5.91 Å². The summed E-state index contributed by atoms with van der Waals surface area (Å²) in [5, 5.41) is 13.5. The van der Waals surface area contributed by atoms with Gasteiger partial charge in [-0.3, -0.25) is 4.79 Å². The Labute approximate surface area is 122 Å². The molecular weight excluding hydrogens is 369 g/mol. The number of carbonyl (C=O) groups is 1. The Morgan fingerprint density at radius 1 is 1.44 bits per heavy atom. The van der Waals surface area contributed by atoms with E-state index in [0.29, 0.717) is 17.1 Å². The lowest BCUT2D eigenvalue weighted by Gasteiger charge is -2.30. The Bertz CT molecular complexity index is 428. The van der Waals surface area contributed by atoms with E-state index in [2.05, 4.69) is 37.2 Å². The first-order valence-corrected chi connectivity index (χ1v) is 7.65. The first-order chi connectivity index (χ1) is 8.48. The highest BCUT2D eigenvalue weighted by atomic mass is 79.9. The Balaban J connectivity index is 2.97. The second-order valence-corrected chi connectivity index (χ2v) is 5.14. The summed E-state index contributed by atoms with van der Waals surface area (Å²) in [5.41, 5.74) is -0.523. The van der Waals surface area contributed by atoms with Gasteiger partial charge in [0.1, 0.15) is 11.6 Å². The number of hydrogen-bond donors (Lipinski definition) is 2. The largest absolute Gasteiger partial charge is 0.507 e. The molecule has 0 spiro atoms. The first kappa shape index (κ1) is 15.4. The molecule has 0 fully saturated rings. The number of hydrogen-bond acceptors (Lipinski definition) is 2. The molecule has 0 unspecified atom stereocenters. The molecule has 0 aliphatic heterocycles. The fourth-order valence-corrected chi connectivity index (χ4v) is 3.38. The SMILES string of the molecule is CCC(CBr)(CBr)NC(=O)c1cc(F)ccc1O. The lowest BCUT2D eigenvalue weighted by Crippen LogP contribution is -2.51. The molecule has 1 aromatic rings. The van der Waals surface area contributed by atoms with Gasteiger partial charge in [-0.25, -0.2) is 4.39 Å². The van der Waals surface area contributed by atoms with Crippen molar-refractivity contribution in [3.63, 3.8) is 0 Å². The molecule has 18 heavy (non-hydrogen) atoms. The van der Waals surface area contributed by atoms with E-state index in [1.54, 1.807) is 0 Å². The molecule has 1 amide bonds. The van der Waals surface area contributed by atoms with Crippen molar-refractivity contribution in [3.05, 3.63) is 29.6 Å². The van der Waals surface area contributed by atoms with Crippen LogP contribution in [0.5, 0.6) is 5.75 Å². The number of aromatic hydroxyl groups is 1. The molecule has 0 aliphatic rings. The molecule has 100 valence electrons. The third-order valence-electron chi connectivity index (χ3n) is 2.77. The van der Waals surface area contributed by atoms with Crippen LogP contribution in [0.15, 0.2) is 18.2 Å². The van der Waals surface area contributed by atoms with E-state index >= 15 is 0 Å². The van der Waals surface area contributed by atoms with Gasteiger partial charge in [0, 0.05) is 10.7 Å². The van der Waals surface area contributed by atoms with Crippen molar-refractivity contribution in [2.45, 2.75) is 18.9 Å². The average molecular weight is 383 g/mol. The highest BCUT2D eigenvalue weighted by Crippen LogP contribution is 2.21. The van der Waals surface area contributed by atoms with Crippen LogP contribution in [0.2, 0.25) is 0 Å². The fraction of sp³-hybridized carbons (Fsp3) is 0.417. The van der Waals surface area contributed by atoms with Gasteiger partial charge >= 0.3 is 0 Å². The summed E-state index contributed by atoms with van der Waals surface area (Å²) in [6.45, 7) is 1.94. The highest BCUT2D eigenvalue weighted by molar-refractivity contribution is 9.09. The van der Waals surface area contributed by atoms with E-state index in [-0.39, 0.29) is 11.3 Å². The zero-order valence-corrected chi connectivity index (χ0v) is 13.0. The van der Waals surface area contributed by atoms with E-state index in [9.17, 15) is 14.3 Å². The average Bonchev–Trinajstić information content (AvgIpc) is 2.38. The molecule has 0 radical (unpaired) electrons. The van der Waals surface area contributed by atoms with Crippen LogP contribution in [-0.2, 0) is 0 Å². The maximum Gasteiger partial charge on any atom is 0.255 e. The summed E-state index contributed by atoms with van der Waals surface area (Å²) in [4.78, 5) is 12.0. The summed E-state index contributed by atoms with van der Waals surface area (Å²) < 4.78 is 13.1. The zero-order valence-electron chi connectivity index (χ0n) is 9.84. The molecule has 3 nitrogen and oxygen atoms in total. The molecule has 6 heteroatoms. The van der Waals surface area contributed by atoms with Crippen LogP contribution < -0.4 is 5.32 Å². The maximum atomic E-state index is 13.1. The van der Waals surface area contributed by atoms with E-state index in [4.69, 9.17) is 0 Å². The van der Waals surface area contributed by atoms with Crippen molar-refractivity contribution in [1.82, 2.24) is 5.32 Å². The molecule has 2 N–H and O–H groups in total. The van der Waals surface area contributed by atoms with Gasteiger partial charge in [0.05, 0.1) is 11.1 Å². The number of phenolic OH excluding ortho intramolecular Hbond substituents is 1. The van der Waals surface area contributed by atoms with E-state index < -0.39 is 17.3 Å². The minimum absolute atomic E-state index is 0.0604. The molecule has 1 rings (SSSR count). The second kappa shape index (κ2) is 6.52. The minimum atomic E-state index is -0.558. The Morgan fingerprint density at radius 2 is 2.06 bits per heavy atom. The number of benzene rings is 1. The molecule has 0 bridgehead atoms. The predicted octanol–water partition coefficient (Wildman–Crippen LogP) is 3.20. The van der Waals surface area contributed by atoms with Crippen molar-refractivity contribution < 1.29 is 14.3 Å². The molecule has 0 aromatic heterocycles. The molecular formula is C12H14Br2FNO2. The topological polar surface area (TPSA) is 49.3 Å². The summed E-state index contributed by atoms with van der Waals surface area (Å²) in [6.07, 6.45) is 0.700. The van der Waals surface area contributed by atoms with Crippen LogP contribution in [0.1, 0.15) is 23.7 Å². The zero-order chi connectivity index (χ0) is 13.8. The lowest BCUT2D eigenvalue weighted by atomic mass is 10.0. The van der Waals surface area contributed by atoms with Crippen LogP contribution >= 0.6 is 31.9 Å². The van der Waals surface area contributed by atoms with Crippen molar-refractivity contribution in [2.75, 3.05) is 10.7 Å². The number of amides is 1. The molecule has 0 saturated heterocycles. The third kappa shape index (κ3) is 3.45. The van der Waals surface area contributed by atoms with Gasteiger partial charge in [-0.2, -0.15) is 0 Å². The van der Waals surface area contributed by atoms with E-state index in [1.165, 1.54) is 6.07 Å². The van der Waals surface area contributed by atoms with Crippen molar-refractivity contribution in [1.29, 1.82) is 0 Å². The monoisotopic (exact) mass is 381 g/mol. The number of carbonyl (C=O) groups excluding carboxylic acids is 1. The number of alkyl halides is 2. The molecule has 0 atom stereocenters. The van der Waals surface area contributed by atoms with Crippen LogP contribution in [-0.4, -0.2) is 27.2 Å². The fourth-order valence-electron chi connectivity index (χ4n) is 1.38. The van der Waals surface area contributed by atoms with Crippen molar-refractivity contribution in [2.24, 2.45) is 0 Å². The van der Waals surface area contributed by atoms with Gasteiger partial charge in [-0.05, 0) is 24.6 Å².